The van der Waals surface area contributed by atoms with Gasteiger partial charge in [0.1, 0.15) is 12.9 Å². The van der Waals surface area contributed by atoms with Crippen LogP contribution in [0.1, 0.15) is 108 Å². The third kappa shape index (κ3) is 7.57. The van der Waals surface area contributed by atoms with Crippen LogP contribution in [-0.2, 0) is 26.3 Å². The maximum absolute atomic E-state index is 12.9. The van der Waals surface area contributed by atoms with E-state index in [2.05, 4.69) is 60.6 Å². The average Bonchev–Trinajstić information content (AvgIpc) is 3.49. The Balaban J connectivity index is 0.00000461. The van der Waals surface area contributed by atoms with Crippen molar-refractivity contribution < 1.29 is 19.2 Å². The lowest BCUT2D eigenvalue weighted by Crippen LogP contribution is -2.44. The van der Waals surface area contributed by atoms with E-state index < -0.39 is 0 Å². The fourth-order valence-electron chi connectivity index (χ4n) is 8.22. The van der Waals surface area contributed by atoms with Gasteiger partial charge in [-0.1, -0.05) is 52.8 Å². The molecule has 0 radical (unpaired) electrons. The molecule has 8 nitrogen and oxygen atoms in total. The van der Waals surface area contributed by atoms with Crippen LogP contribution in [0.3, 0.4) is 0 Å². The summed E-state index contributed by atoms with van der Waals surface area (Å²) in [6.45, 7) is 15.2. The number of hydrogen-bond donors (Lipinski definition) is 2. The summed E-state index contributed by atoms with van der Waals surface area (Å²) in [4.78, 5) is 36.5. The highest BCUT2D eigenvalue weighted by atomic mass is 35.5. The van der Waals surface area contributed by atoms with Gasteiger partial charge in [-0.2, -0.15) is 0 Å². The number of ether oxygens (including phenoxy) is 1. The van der Waals surface area contributed by atoms with Gasteiger partial charge in [0.25, 0.3) is 0 Å². The minimum Gasteiger partial charge on any atom is -0.425 e. The van der Waals surface area contributed by atoms with Crippen molar-refractivity contribution in [3.05, 3.63) is 39.9 Å². The summed E-state index contributed by atoms with van der Waals surface area (Å²) in [6.07, 6.45) is 8.13. The molecule has 0 aliphatic heterocycles. The van der Waals surface area contributed by atoms with Crippen LogP contribution in [0.5, 0.6) is 5.75 Å². The molecule has 45 heavy (non-hydrogen) atoms. The van der Waals surface area contributed by atoms with Crippen LogP contribution in [0.15, 0.2) is 23.5 Å². The van der Waals surface area contributed by atoms with E-state index in [9.17, 15) is 9.59 Å². The SMILES string of the molecule is CO/N=C1\C[C@@H](CCC(=O)Nc2ncc(C)s2)C2C3CCc4cc(OC(=O)CNC(C)C)c(C(C)(C)C)cc4C3CC[C@]12C.Cl. The first-order valence-electron chi connectivity index (χ1n) is 16.2. The van der Waals surface area contributed by atoms with Crippen LogP contribution < -0.4 is 15.4 Å². The molecular formula is C35H51ClN4O4S. The van der Waals surface area contributed by atoms with Crippen LogP contribution in [0.2, 0.25) is 0 Å². The van der Waals surface area contributed by atoms with Crippen molar-refractivity contribution in [2.75, 3.05) is 19.0 Å². The Hall–Kier alpha value is -2.49. The molecule has 0 bridgehead atoms. The summed E-state index contributed by atoms with van der Waals surface area (Å²) in [5.41, 5.74) is 4.75. The summed E-state index contributed by atoms with van der Waals surface area (Å²) >= 11 is 1.51. The first-order valence-corrected chi connectivity index (χ1v) is 17.1. The Bertz CT molecular complexity index is 1420. The molecule has 5 atom stereocenters. The quantitative estimate of drug-likeness (QED) is 0.164. The molecule has 1 aromatic heterocycles. The molecule has 0 saturated heterocycles. The number of fused-ring (bicyclic) bond motifs is 5. The maximum atomic E-state index is 12.9. The number of benzene rings is 1. The molecule has 1 heterocycles. The Kier molecular flexibility index (Phi) is 11.1. The van der Waals surface area contributed by atoms with E-state index in [0.717, 1.165) is 54.7 Å². The Labute approximate surface area is 278 Å². The van der Waals surface area contributed by atoms with Crippen molar-refractivity contribution in [1.29, 1.82) is 0 Å². The standard InChI is InChI=1S/C35H50N4O4S.ClH/c1-20(2)36-19-31(41)43-28-15-22-9-11-25-24(26(22)17-27(28)34(4,5)6)13-14-35(7)29(39-42-8)16-23(32(25)35)10-12-30(40)38-33-37-18-21(3)44-33;/h15,17-18,20,23-25,32,36H,9-14,16,19H2,1-8H3,(H,37,38,40);1H/b39-29+;/t23-,24?,25?,32?,35-;/m1./s1. The summed E-state index contributed by atoms with van der Waals surface area (Å²) in [5, 5.41) is 11.4. The van der Waals surface area contributed by atoms with Crippen molar-refractivity contribution in [2.24, 2.45) is 28.3 Å². The number of carbonyl (C=O) groups is 2. The van der Waals surface area contributed by atoms with E-state index in [1.807, 2.05) is 20.8 Å². The second-order valence-electron chi connectivity index (χ2n) is 14.6. The average molecular weight is 659 g/mol. The fourth-order valence-corrected chi connectivity index (χ4v) is 8.90. The molecule has 1 aromatic carbocycles. The molecule has 2 N–H and O–H groups in total. The van der Waals surface area contributed by atoms with Gasteiger partial charge in [0.2, 0.25) is 5.91 Å². The lowest BCUT2D eigenvalue weighted by atomic mass is 9.53. The van der Waals surface area contributed by atoms with Gasteiger partial charge < -0.3 is 20.2 Å². The van der Waals surface area contributed by atoms with E-state index in [1.165, 1.54) is 22.5 Å². The lowest BCUT2D eigenvalue weighted by molar-refractivity contribution is -0.133. The minimum absolute atomic E-state index is 0. The number of nitrogens with one attached hydrogen (secondary N) is 2. The molecule has 10 heteroatoms. The van der Waals surface area contributed by atoms with Crippen LogP contribution in [0, 0.1) is 30.1 Å². The molecule has 2 aromatic rings. The number of esters is 1. The molecule has 0 spiro atoms. The van der Waals surface area contributed by atoms with Crippen LogP contribution in [0.4, 0.5) is 5.13 Å². The van der Waals surface area contributed by atoms with E-state index in [0.29, 0.717) is 41.0 Å². The number of oxime groups is 1. The Morgan fingerprint density at radius 1 is 1.22 bits per heavy atom. The number of nitrogens with zero attached hydrogens (tertiary/aromatic N) is 2. The van der Waals surface area contributed by atoms with E-state index in [4.69, 9.17) is 9.57 Å². The van der Waals surface area contributed by atoms with Crippen molar-refractivity contribution in [3.8, 4) is 5.75 Å². The predicted molar refractivity (Wildman–Crippen MR) is 184 cm³/mol. The molecule has 1 amide bonds. The molecule has 3 aliphatic rings. The van der Waals surface area contributed by atoms with Crippen LogP contribution in [0.25, 0.3) is 0 Å². The second-order valence-corrected chi connectivity index (χ2v) is 15.9. The summed E-state index contributed by atoms with van der Waals surface area (Å²) in [5.74, 6) is 2.19. The topological polar surface area (TPSA) is 102 Å². The monoisotopic (exact) mass is 658 g/mol. The summed E-state index contributed by atoms with van der Waals surface area (Å²) < 4.78 is 5.99. The predicted octanol–water partition coefficient (Wildman–Crippen LogP) is 7.58. The number of carbonyl (C=O) groups excluding carboxylic acids is 2. The number of halogens is 1. The van der Waals surface area contributed by atoms with Crippen molar-refractivity contribution >= 4 is 46.5 Å². The zero-order chi connectivity index (χ0) is 31.8. The molecule has 5 rings (SSSR count). The van der Waals surface area contributed by atoms with Gasteiger partial charge in [-0.3, -0.25) is 9.59 Å². The molecule has 2 saturated carbocycles. The number of rotatable bonds is 9. The first-order chi connectivity index (χ1) is 20.8. The molecule has 2 fully saturated rings. The Morgan fingerprint density at radius 2 is 1.98 bits per heavy atom. The van der Waals surface area contributed by atoms with Crippen molar-refractivity contribution in [1.82, 2.24) is 10.3 Å². The highest BCUT2D eigenvalue weighted by Crippen LogP contribution is 2.63. The van der Waals surface area contributed by atoms with Gasteiger partial charge >= 0.3 is 5.97 Å². The zero-order valence-electron chi connectivity index (χ0n) is 28.1. The van der Waals surface area contributed by atoms with E-state index in [1.54, 1.807) is 13.3 Å². The van der Waals surface area contributed by atoms with Gasteiger partial charge in [0.05, 0.1) is 12.3 Å². The van der Waals surface area contributed by atoms with Crippen LogP contribution >= 0.6 is 23.7 Å². The highest BCUT2D eigenvalue weighted by molar-refractivity contribution is 7.15. The van der Waals surface area contributed by atoms with Gasteiger partial charge in [0.15, 0.2) is 5.13 Å². The highest BCUT2D eigenvalue weighted by Gasteiger charge is 2.57. The van der Waals surface area contributed by atoms with E-state index in [-0.39, 0.29) is 47.7 Å². The number of thiazole rings is 1. The number of aromatic nitrogens is 1. The molecule has 248 valence electrons. The second kappa shape index (κ2) is 14.1. The van der Waals surface area contributed by atoms with Gasteiger partial charge in [-0.05, 0) is 91.7 Å². The first kappa shape index (κ1) is 35.4. The smallest absolute Gasteiger partial charge is 0.325 e. The number of hydrogen-bond acceptors (Lipinski definition) is 8. The fraction of sp³-hybridized carbons (Fsp3) is 0.657. The van der Waals surface area contributed by atoms with Gasteiger partial charge in [-0.15, -0.1) is 23.7 Å². The maximum Gasteiger partial charge on any atom is 0.325 e. The largest absolute Gasteiger partial charge is 0.425 e. The van der Waals surface area contributed by atoms with Gasteiger partial charge in [-0.25, -0.2) is 4.98 Å². The lowest BCUT2D eigenvalue weighted by Gasteiger charge is -2.50. The van der Waals surface area contributed by atoms with E-state index >= 15 is 0 Å². The Morgan fingerprint density at radius 3 is 2.62 bits per heavy atom. The zero-order valence-corrected chi connectivity index (χ0v) is 29.8. The summed E-state index contributed by atoms with van der Waals surface area (Å²) in [6, 6.07) is 4.72. The van der Waals surface area contributed by atoms with Gasteiger partial charge in [0, 0.05) is 34.5 Å². The number of aryl methyl sites for hydroxylation is 2. The van der Waals surface area contributed by atoms with Crippen LogP contribution in [-0.4, -0.2) is 42.3 Å². The third-order valence-corrected chi connectivity index (χ3v) is 11.0. The summed E-state index contributed by atoms with van der Waals surface area (Å²) in [7, 11) is 1.64. The minimum atomic E-state index is -0.251. The number of amides is 1. The molecule has 3 unspecified atom stereocenters. The number of anilines is 1. The van der Waals surface area contributed by atoms with Crippen molar-refractivity contribution in [2.45, 2.75) is 111 Å². The molecule has 3 aliphatic carbocycles. The third-order valence-electron chi connectivity index (χ3n) is 10.2. The molecular weight excluding hydrogens is 608 g/mol. The van der Waals surface area contributed by atoms with Crippen molar-refractivity contribution in [3.63, 3.8) is 0 Å². The normalized spacial score (nSPS) is 26.5.